The number of hydrogen-bond acceptors (Lipinski definition) is 0. The van der Waals surface area contributed by atoms with Crippen molar-refractivity contribution >= 4 is 10.9 Å². The summed E-state index contributed by atoms with van der Waals surface area (Å²) in [5.74, 6) is -0.447. The number of hydrogen-bond donors (Lipinski definition) is 0. The van der Waals surface area contributed by atoms with Gasteiger partial charge in [0, 0.05) is 18.1 Å². The molecule has 0 aliphatic heterocycles. The molecule has 2 aromatic carbocycles. The van der Waals surface area contributed by atoms with E-state index in [2.05, 4.69) is 0 Å². The van der Waals surface area contributed by atoms with Gasteiger partial charge in [0.15, 0.2) is 0 Å². The number of aromatic nitrogens is 1. The van der Waals surface area contributed by atoms with Gasteiger partial charge in [0.05, 0.1) is 5.52 Å². The molecular weight excluding hydrogens is 244 g/mol. The van der Waals surface area contributed by atoms with E-state index in [-0.39, 0.29) is 11.6 Å². The normalized spacial score (nSPS) is 11.1. The molecule has 1 heterocycles. The van der Waals surface area contributed by atoms with Crippen LogP contribution in [0, 0.1) is 18.6 Å². The van der Waals surface area contributed by atoms with Crippen LogP contribution in [0.25, 0.3) is 10.9 Å². The van der Waals surface area contributed by atoms with E-state index < -0.39 is 0 Å². The van der Waals surface area contributed by atoms with Crippen LogP contribution in [-0.4, -0.2) is 4.57 Å². The van der Waals surface area contributed by atoms with Gasteiger partial charge in [0.25, 0.3) is 0 Å². The summed E-state index contributed by atoms with van der Waals surface area (Å²) in [6.07, 6.45) is 1.86. The summed E-state index contributed by atoms with van der Waals surface area (Å²) in [7, 11) is 0. The van der Waals surface area contributed by atoms with Gasteiger partial charge in [0.1, 0.15) is 11.6 Å². The summed E-state index contributed by atoms with van der Waals surface area (Å²) in [5, 5.41) is 0.613. The van der Waals surface area contributed by atoms with Gasteiger partial charge in [-0.1, -0.05) is 12.1 Å². The molecule has 3 heteroatoms. The smallest absolute Gasteiger partial charge is 0.132 e. The quantitative estimate of drug-likeness (QED) is 0.646. The van der Waals surface area contributed by atoms with E-state index in [4.69, 9.17) is 0 Å². The lowest BCUT2D eigenvalue weighted by atomic mass is 10.1. The predicted octanol–water partition coefficient (Wildman–Crippen LogP) is 4.28. The van der Waals surface area contributed by atoms with Crippen LogP contribution in [0.5, 0.6) is 0 Å². The van der Waals surface area contributed by atoms with Crippen LogP contribution in [0.2, 0.25) is 0 Å². The van der Waals surface area contributed by atoms with E-state index in [1.165, 1.54) is 18.2 Å². The number of benzene rings is 2. The molecule has 0 spiro atoms. The second-order valence-electron chi connectivity index (χ2n) is 4.69. The maximum atomic E-state index is 13.6. The molecule has 0 N–H and O–H groups in total. The fourth-order valence-electron chi connectivity index (χ4n) is 2.34. The predicted molar refractivity (Wildman–Crippen MR) is 72.1 cm³/mol. The van der Waals surface area contributed by atoms with Gasteiger partial charge in [-0.05, 0) is 48.4 Å². The van der Waals surface area contributed by atoms with Gasteiger partial charge in [-0.15, -0.1) is 0 Å². The molecule has 96 valence electrons. The molecule has 0 atom stereocenters. The molecule has 0 bridgehead atoms. The van der Waals surface area contributed by atoms with Crippen molar-refractivity contribution in [2.45, 2.75) is 13.5 Å². The Morgan fingerprint density at radius 2 is 1.89 bits per heavy atom. The maximum absolute atomic E-state index is 13.6. The number of nitrogens with zero attached hydrogens (tertiary/aromatic N) is 1. The molecule has 1 aromatic heterocycles. The van der Waals surface area contributed by atoms with Gasteiger partial charge < -0.3 is 4.57 Å². The number of halogens is 2. The topological polar surface area (TPSA) is 4.93 Å². The first-order valence-electron chi connectivity index (χ1n) is 6.13. The first kappa shape index (κ1) is 11.9. The molecule has 0 aliphatic carbocycles. The highest BCUT2D eigenvalue weighted by atomic mass is 19.1. The summed E-state index contributed by atoms with van der Waals surface area (Å²) in [5.41, 5.74) is 2.78. The minimum absolute atomic E-state index is 0.216. The summed E-state index contributed by atoms with van der Waals surface area (Å²) in [6.45, 7) is 2.49. The van der Waals surface area contributed by atoms with Crippen LogP contribution < -0.4 is 0 Å². The number of fused-ring (bicyclic) bond motifs is 1. The highest BCUT2D eigenvalue weighted by Crippen LogP contribution is 2.21. The summed E-state index contributed by atoms with van der Waals surface area (Å²) in [6, 6.07) is 11.5. The second-order valence-corrected chi connectivity index (χ2v) is 4.69. The van der Waals surface area contributed by atoms with Gasteiger partial charge in [-0.2, -0.15) is 0 Å². The second kappa shape index (κ2) is 4.50. The van der Waals surface area contributed by atoms with Gasteiger partial charge >= 0.3 is 0 Å². The molecule has 0 aliphatic rings. The average molecular weight is 257 g/mol. The third kappa shape index (κ3) is 2.12. The third-order valence-electron chi connectivity index (χ3n) is 3.41. The zero-order chi connectivity index (χ0) is 13.4. The Morgan fingerprint density at radius 3 is 2.68 bits per heavy atom. The van der Waals surface area contributed by atoms with Gasteiger partial charge in [-0.25, -0.2) is 8.78 Å². The highest BCUT2D eigenvalue weighted by Gasteiger charge is 2.07. The van der Waals surface area contributed by atoms with Gasteiger partial charge in [-0.3, -0.25) is 0 Å². The standard InChI is InChI=1S/C16H13F2N/c1-11-9-13(17)6-5-12(11)10-19-8-7-14-15(18)3-2-4-16(14)19/h2-9H,10H2,1H3. The van der Waals surface area contributed by atoms with E-state index >= 15 is 0 Å². The first-order chi connectivity index (χ1) is 9.15. The van der Waals surface area contributed by atoms with Crippen LogP contribution in [-0.2, 0) is 6.54 Å². The van der Waals surface area contributed by atoms with Crippen molar-refractivity contribution in [2.75, 3.05) is 0 Å². The Kier molecular flexibility index (Phi) is 2.82. The molecular formula is C16H13F2N. The number of aryl methyl sites for hydroxylation is 1. The molecule has 0 unspecified atom stereocenters. The Morgan fingerprint density at radius 1 is 1.05 bits per heavy atom. The van der Waals surface area contributed by atoms with E-state index in [0.29, 0.717) is 11.9 Å². The first-order valence-corrected chi connectivity index (χ1v) is 6.13. The fraction of sp³-hybridized carbons (Fsp3) is 0.125. The Balaban J connectivity index is 2.04. The van der Waals surface area contributed by atoms with E-state index in [1.54, 1.807) is 18.2 Å². The van der Waals surface area contributed by atoms with Crippen molar-refractivity contribution in [3.63, 3.8) is 0 Å². The molecule has 19 heavy (non-hydrogen) atoms. The zero-order valence-corrected chi connectivity index (χ0v) is 10.5. The van der Waals surface area contributed by atoms with Crippen molar-refractivity contribution in [3.05, 3.63) is 71.4 Å². The fourth-order valence-corrected chi connectivity index (χ4v) is 2.34. The van der Waals surface area contributed by atoms with Gasteiger partial charge in [0.2, 0.25) is 0 Å². The van der Waals surface area contributed by atoms with Crippen molar-refractivity contribution in [1.29, 1.82) is 0 Å². The molecule has 0 fully saturated rings. The van der Waals surface area contributed by atoms with Crippen molar-refractivity contribution in [1.82, 2.24) is 4.57 Å². The lowest BCUT2D eigenvalue weighted by Crippen LogP contribution is -2.00. The molecule has 0 amide bonds. The highest BCUT2D eigenvalue weighted by molar-refractivity contribution is 5.80. The third-order valence-corrected chi connectivity index (χ3v) is 3.41. The van der Waals surface area contributed by atoms with Crippen LogP contribution in [0.1, 0.15) is 11.1 Å². The van der Waals surface area contributed by atoms with Crippen molar-refractivity contribution in [2.24, 2.45) is 0 Å². The van der Waals surface area contributed by atoms with Crippen molar-refractivity contribution in [3.8, 4) is 0 Å². The lowest BCUT2D eigenvalue weighted by molar-refractivity contribution is 0.625. The zero-order valence-electron chi connectivity index (χ0n) is 10.5. The monoisotopic (exact) mass is 257 g/mol. The number of rotatable bonds is 2. The minimum atomic E-state index is -0.232. The van der Waals surface area contributed by atoms with Crippen LogP contribution in [0.15, 0.2) is 48.7 Å². The van der Waals surface area contributed by atoms with Crippen LogP contribution >= 0.6 is 0 Å². The molecule has 3 aromatic rings. The Bertz CT molecular complexity index is 744. The van der Waals surface area contributed by atoms with Crippen LogP contribution in [0.4, 0.5) is 8.78 Å². The molecule has 3 rings (SSSR count). The molecule has 0 saturated heterocycles. The minimum Gasteiger partial charge on any atom is -0.343 e. The Labute approximate surface area is 110 Å². The molecule has 0 radical (unpaired) electrons. The Hall–Kier alpha value is -2.16. The summed E-state index contributed by atoms with van der Waals surface area (Å²) in [4.78, 5) is 0. The molecule has 0 saturated carbocycles. The molecule has 1 nitrogen and oxygen atoms in total. The van der Waals surface area contributed by atoms with E-state index in [0.717, 1.165) is 16.6 Å². The van der Waals surface area contributed by atoms with E-state index in [1.807, 2.05) is 23.8 Å². The van der Waals surface area contributed by atoms with E-state index in [9.17, 15) is 8.78 Å². The largest absolute Gasteiger partial charge is 0.343 e. The summed E-state index contributed by atoms with van der Waals surface area (Å²) < 4.78 is 28.7. The van der Waals surface area contributed by atoms with Crippen LogP contribution in [0.3, 0.4) is 0 Å². The maximum Gasteiger partial charge on any atom is 0.132 e. The SMILES string of the molecule is Cc1cc(F)ccc1Cn1ccc2c(F)cccc21. The average Bonchev–Trinajstić information content (AvgIpc) is 2.78. The lowest BCUT2D eigenvalue weighted by Gasteiger charge is -2.09. The summed E-state index contributed by atoms with van der Waals surface area (Å²) >= 11 is 0. The van der Waals surface area contributed by atoms with Crippen molar-refractivity contribution < 1.29 is 8.78 Å².